The topological polar surface area (TPSA) is 75.3 Å². The zero-order chi connectivity index (χ0) is 14.5. The fraction of sp³-hybridized carbons (Fsp3) is 0.133. The van der Waals surface area contributed by atoms with Crippen molar-refractivity contribution in [3.8, 4) is 5.75 Å². The second-order valence-corrected chi connectivity index (χ2v) is 5.56. The number of amides is 1. The van der Waals surface area contributed by atoms with E-state index in [0.717, 1.165) is 5.56 Å². The van der Waals surface area contributed by atoms with E-state index in [0.29, 0.717) is 15.7 Å². The van der Waals surface area contributed by atoms with Gasteiger partial charge in [0.25, 0.3) is 5.91 Å². The van der Waals surface area contributed by atoms with Crippen LogP contribution in [0.1, 0.15) is 22.0 Å². The van der Waals surface area contributed by atoms with Crippen molar-refractivity contribution in [3.63, 3.8) is 0 Å². The van der Waals surface area contributed by atoms with Gasteiger partial charge in [-0.25, -0.2) is 0 Å². The Morgan fingerprint density at radius 3 is 2.60 bits per heavy atom. The molecule has 0 aliphatic heterocycles. The summed E-state index contributed by atoms with van der Waals surface area (Å²) in [6.45, 7) is 0.343. The van der Waals surface area contributed by atoms with Gasteiger partial charge in [-0.2, -0.15) is 0 Å². The zero-order valence-corrected chi connectivity index (χ0v) is 12.9. The molecular weight excluding hydrogens is 367 g/mol. The lowest BCUT2D eigenvalue weighted by molar-refractivity contribution is 0.0951. The van der Waals surface area contributed by atoms with E-state index in [2.05, 4.69) is 5.32 Å². The zero-order valence-electron chi connectivity index (χ0n) is 10.7. The van der Waals surface area contributed by atoms with Gasteiger partial charge in [-0.3, -0.25) is 4.79 Å². The Morgan fingerprint density at radius 1 is 1.25 bits per heavy atom. The first-order chi connectivity index (χ1) is 9.58. The van der Waals surface area contributed by atoms with Gasteiger partial charge in [-0.05, 0) is 46.4 Å². The third-order valence-corrected chi connectivity index (χ3v) is 3.83. The Balaban J connectivity index is 1.97. The van der Waals surface area contributed by atoms with Gasteiger partial charge >= 0.3 is 0 Å². The van der Waals surface area contributed by atoms with Crippen molar-refractivity contribution in [2.24, 2.45) is 5.73 Å². The number of phenols is 1. The van der Waals surface area contributed by atoms with Gasteiger partial charge in [-0.15, -0.1) is 0 Å². The van der Waals surface area contributed by atoms with Gasteiger partial charge in [0.05, 0.1) is 3.57 Å². The molecule has 0 aliphatic rings. The van der Waals surface area contributed by atoms with E-state index < -0.39 is 0 Å². The highest BCUT2D eigenvalue weighted by Gasteiger charge is 2.11. The lowest BCUT2D eigenvalue weighted by Crippen LogP contribution is -2.31. The van der Waals surface area contributed by atoms with Gasteiger partial charge in [0.15, 0.2) is 0 Å². The number of phenolic OH excluding ortho intramolecular Hbond substituents is 1. The minimum atomic E-state index is -0.252. The lowest BCUT2D eigenvalue weighted by Gasteiger charge is -2.13. The summed E-state index contributed by atoms with van der Waals surface area (Å²) in [6.07, 6.45) is 0. The molecule has 104 valence electrons. The van der Waals surface area contributed by atoms with Crippen LogP contribution in [0.4, 0.5) is 0 Å². The molecule has 0 saturated heterocycles. The van der Waals surface area contributed by atoms with Crippen LogP contribution in [-0.2, 0) is 0 Å². The highest BCUT2D eigenvalue weighted by molar-refractivity contribution is 14.1. The minimum Gasteiger partial charge on any atom is -0.507 e. The van der Waals surface area contributed by atoms with Crippen LogP contribution in [0, 0.1) is 3.57 Å². The molecule has 20 heavy (non-hydrogen) atoms. The molecule has 1 unspecified atom stereocenters. The number of hydrogen-bond donors (Lipinski definition) is 3. The maximum Gasteiger partial charge on any atom is 0.251 e. The summed E-state index contributed by atoms with van der Waals surface area (Å²) in [5.41, 5.74) is 7.40. The molecule has 4 N–H and O–H groups in total. The van der Waals surface area contributed by atoms with Crippen LogP contribution in [0.15, 0.2) is 48.5 Å². The van der Waals surface area contributed by atoms with Crippen LogP contribution in [0.2, 0.25) is 0 Å². The smallest absolute Gasteiger partial charge is 0.251 e. The number of nitrogens with two attached hydrogens (primary N) is 1. The summed E-state index contributed by atoms with van der Waals surface area (Å²) in [5, 5.41) is 12.4. The van der Waals surface area contributed by atoms with Crippen LogP contribution in [0.25, 0.3) is 0 Å². The third-order valence-electron chi connectivity index (χ3n) is 2.92. The van der Waals surface area contributed by atoms with E-state index in [9.17, 15) is 9.90 Å². The van der Waals surface area contributed by atoms with E-state index in [1.807, 2.05) is 52.9 Å². The molecule has 0 saturated carbocycles. The van der Waals surface area contributed by atoms with Crippen molar-refractivity contribution in [2.45, 2.75) is 6.04 Å². The molecule has 0 aromatic heterocycles. The molecule has 2 aromatic carbocycles. The van der Waals surface area contributed by atoms with E-state index in [1.165, 1.54) is 6.07 Å². The quantitative estimate of drug-likeness (QED) is 0.711. The molecule has 2 rings (SSSR count). The average Bonchev–Trinajstić information content (AvgIpc) is 2.48. The second-order valence-electron chi connectivity index (χ2n) is 4.39. The number of halogens is 1. The molecule has 0 bridgehead atoms. The molecule has 0 heterocycles. The molecule has 0 spiro atoms. The molecule has 0 radical (unpaired) electrons. The Kier molecular flexibility index (Phi) is 4.97. The largest absolute Gasteiger partial charge is 0.507 e. The van der Waals surface area contributed by atoms with Crippen LogP contribution in [0.5, 0.6) is 5.75 Å². The number of nitrogens with one attached hydrogen (secondary N) is 1. The van der Waals surface area contributed by atoms with Crippen molar-refractivity contribution in [3.05, 3.63) is 63.2 Å². The SMILES string of the molecule is NC(CNC(=O)c1ccc(I)c(O)c1)c1ccccc1. The number of carbonyl (C=O) groups excluding carboxylic acids is 1. The molecular formula is C15H15IN2O2. The lowest BCUT2D eigenvalue weighted by atomic mass is 10.1. The summed E-state index contributed by atoms with van der Waals surface area (Å²) in [6, 6.07) is 14.2. The Hall–Kier alpha value is -1.60. The van der Waals surface area contributed by atoms with Crippen molar-refractivity contribution in [1.29, 1.82) is 0 Å². The molecule has 0 fully saturated rings. The number of carbonyl (C=O) groups is 1. The van der Waals surface area contributed by atoms with Crippen molar-refractivity contribution < 1.29 is 9.90 Å². The standard InChI is InChI=1S/C15H15IN2O2/c16-12-7-6-11(8-14(12)19)15(20)18-9-13(17)10-4-2-1-3-5-10/h1-8,13,19H,9,17H2,(H,18,20). The van der Waals surface area contributed by atoms with E-state index >= 15 is 0 Å². The fourth-order valence-corrected chi connectivity index (χ4v) is 2.11. The predicted octanol–water partition coefficient (Wildman–Crippen LogP) is 2.43. The molecule has 5 heteroatoms. The average molecular weight is 382 g/mol. The van der Waals surface area contributed by atoms with Crippen LogP contribution < -0.4 is 11.1 Å². The molecule has 2 aromatic rings. The molecule has 4 nitrogen and oxygen atoms in total. The van der Waals surface area contributed by atoms with Gasteiger partial charge in [-0.1, -0.05) is 30.3 Å². The number of rotatable bonds is 4. The highest BCUT2D eigenvalue weighted by atomic mass is 127. The first kappa shape index (κ1) is 14.8. The van der Waals surface area contributed by atoms with E-state index in [1.54, 1.807) is 12.1 Å². The van der Waals surface area contributed by atoms with Crippen LogP contribution >= 0.6 is 22.6 Å². The minimum absolute atomic E-state index is 0.102. The summed E-state index contributed by atoms with van der Waals surface area (Å²) in [7, 11) is 0. The van der Waals surface area contributed by atoms with Crippen LogP contribution in [0.3, 0.4) is 0 Å². The first-order valence-electron chi connectivity index (χ1n) is 6.15. The van der Waals surface area contributed by atoms with Crippen molar-refractivity contribution in [1.82, 2.24) is 5.32 Å². The van der Waals surface area contributed by atoms with Crippen LogP contribution in [-0.4, -0.2) is 17.6 Å². The normalized spacial score (nSPS) is 11.9. The van der Waals surface area contributed by atoms with Gasteiger partial charge in [0.2, 0.25) is 0 Å². The maximum atomic E-state index is 12.0. The second kappa shape index (κ2) is 6.71. The first-order valence-corrected chi connectivity index (χ1v) is 7.23. The molecule has 0 aliphatic carbocycles. The number of benzene rings is 2. The van der Waals surface area contributed by atoms with Gasteiger partial charge < -0.3 is 16.2 Å². The molecule has 1 atom stereocenters. The third kappa shape index (κ3) is 3.71. The fourth-order valence-electron chi connectivity index (χ4n) is 1.78. The summed E-state index contributed by atoms with van der Waals surface area (Å²) in [4.78, 5) is 12.0. The van der Waals surface area contributed by atoms with E-state index in [4.69, 9.17) is 5.73 Å². The number of hydrogen-bond acceptors (Lipinski definition) is 3. The van der Waals surface area contributed by atoms with Crippen molar-refractivity contribution in [2.75, 3.05) is 6.54 Å². The maximum absolute atomic E-state index is 12.0. The number of aromatic hydroxyl groups is 1. The van der Waals surface area contributed by atoms with Gasteiger partial charge in [0, 0.05) is 18.2 Å². The summed E-state index contributed by atoms with van der Waals surface area (Å²) in [5.74, 6) is -0.145. The molecule has 1 amide bonds. The predicted molar refractivity (Wildman–Crippen MR) is 86.5 cm³/mol. The highest BCUT2D eigenvalue weighted by Crippen LogP contribution is 2.20. The Bertz CT molecular complexity index is 602. The van der Waals surface area contributed by atoms with Crippen molar-refractivity contribution >= 4 is 28.5 Å². The van der Waals surface area contributed by atoms with Gasteiger partial charge in [0.1, 0.15) is 5.75 Å². The summed E-state index contributed by atoms with van der Waals surface area (Å²) >= 11 is 2.00. The Morgan fingerprint density at radius 2 is 1.95 bits per heavy atom. The Labute approximate surface area is 131 Å². The summed E-state index contributed by atoms with van der Waals surface area (Å²) < 4.78 is 0.708. The monoisotopic (exact) mass is 382 g/mol. The van der Waals surface area contributed by atoms with E-state index in [-0.39, 0.29) is 17.7 Å².